The Morgan fingerprint density at radius 3 is 2.66 bits per heavy atom. The van der Waals surface area contributed by atoms with Crippen LogP contribution in [0.4, 0.5) is 0 Å². The van der Waals surface area contributed by atoms with Crippen molar-refractivity contribution in [2.24, 2.45) is 0 Å². The number of benzene rings is 2. The molecule has 1 aliphatic heterocycles. The second kappa shape index (κ2) is 7.10. The Morgan fingerprint density at radius 1 is 1.17 bits per heavy atom. The fourth-order valence-electron chi connectivity index (χ4n) is 4.82. The Morgan fingerprint density at radius 2 is 1.97 bits per heavy atom. The summed E-state index contributed by atoms with van der Waals surface area (Å²) in [6, 6.07) is 14.0. The average Bonchev–Trinajstić information content (AvgIpc) is 3.47. The summed E-state index contributed by atoms with van der Waals surface area (Å²) in [6.07, 6.45) is 5.95. The number of piperidine rings is 1. The molecule has 5 rings (SSSR count). The first kappa shape index (κ1) is 18.6. The van der Waals surface area contributed by atoms with Crippen LogP contribution in [0.2, 0.25) is 5.02 Å². The van der Waals surface area contributed by atoms with E-state index in [1.165, 1.54) is 10.9 Å². The second-order valence-electron chi connectivity index (χ2n) is 8.31. The smallest absolute Gasteiger partial charge is 0.233 e. The van der Waals surface area contributed by atoms with Crippen LogP contribution < -0.4 is 4.74 Å². The number of rotatable bonds is 4. The molecule has 2 fully saturated rings. The van der Waals surface area contributed by atoms with Crippen molar-refractivity contribution >= 4 is 28.4 Å². The molecule has 0 radical (unpaired) electrons. The van der Waals surface area contributed by atoms with E-state index in [1.807, 2.05) is 30.3 Å². The topological polar surface area (TPSA) is 45.3 Å². The Bertz CT molecular complexity index is 1060. The number of likely N-dealkylation sites (tertiary alicyclic amines) is 1. The zero-order valence-electron chi connectivity index (χ0n) is 16.6. The Labute approximate surface area is 175 Å². The number of ether oxygens (including phenoxy) is 1. The number of hydrogen-bond donors (Lipinski definition) is 1. The second-order valence-corrected chi connectivity index (χ2v) is 8.75. The van der Waals surface area contributed by atoms with E-state index in [2.05, 4.69) is 28.2 Å². The summed E-state index contributed by atoms with van der Waals surface area (Å²) in [5.41, 5.74) is 3.20. The Balaban J connectivity index is 1.31. The first-order valence-corrected chi connectivity index (χ1v) is 10.7. The molecule has 0 spiro atoms. The summed E-state index contributed by atoms with van der Waals surface area (Å²) in [6.45, 7) is 1.62. The first-order valence-electron chi connectivity index (χ1n) is 10.3. The molecule has 4 nitrogen and oxygen atoms in total. The van der Waals surface area contributed by atoms with Crippen molar-refractivity contribution in [3.05, 3.63) is 64.8 Å². The highest BCUT2D eigenvalue weighted by molar-refractivity contribution is 6.30. The number of fused-ring (bicyclic) bond motifs is 1. The van der Waals surface area contributed by atoms with Crippen molar-refractivity contribution < 1.29 is 9.53 Å². The lowest BCUT2D eigenvalue weighted by molar-refractivity contribution is -0.135. The van der Waals surface area contributed by atoms with Gasteiger partial charge in [-0.2, -0.15) is 0 Å². The minimum atomic E-state index is -0.341. The lowest BCUT2D eigenvalue weighted by Gasteiger charge is -2.34. The molecule has 0 unspecified atom stereocenters. The number of amides is 1. The van der Waals surface area contributed by atoms with Crippen LogP contribution in [0.5, 0.6) is 5.75 Å². The molecule has 0 atom stereocenters. The summed E-state index contributed by atoms with van der Waals surface area (Å²) in [5.74, 6) is 1.61. The van der Waals surface area contributed by atoms with Gasteiger partial charge in [0, 0.05) is 35.2 Å². The SMILES string of the molecule is COc1ccc2[nH]cc(C3CCN(C(=O)C4(c5cccc(Cl)c5)CC4)CC3)c2c1. The average molecular weight is 409 g/mol. The molecule has 1 saturated carbocycles. The molecule has 3 aromatic rings. The standard InChI is InChI=1S/C24H25ClN2O2/c1-29-19-5-6-22-20(14-19)21(15-26-22)16-7-11-27(12-8-16)23(28)24(9-10-24)17-3-2-4-18(25)13-17/h2-6,13-16,26H,7-12H2,1H3. The zero-order chi connectivity index (χ0) is 20.0. The van der Waals surface area contributed by atoms with E-state index in [0.29, 0.717) is 10.9 Å². The van der Waals surface area contributed by atoms with Crippen LogP contribution in [0.15, 0.2) is 48.7 Å². The van der Waals surface area contributed by atoms with Gasteiger partial charge in [-0.15, -0.1) is 0 Å². The van der Waals surface area contributed by atoms with Crippen molar-refractivity contribution in [1.29, 1.82) is 0 Å². The van der Waals surface area contributed by atoms with Gasteiger partial charge in [-0.3, -0.25) is 4.79 Å². The van der Waals surface area contributed by atoms with Gasteiger partial charge in [0.25, 0.3) is 0 Å². The zero-order valence-corrected chi connectivity index (χ0v) is 17.3. The van der Waals surface area contributed by atoms with Gasteiger partial charge in [0.15, 0.2) is 0 Å². The maximum Gasteiger partial charge on any atom is 0.233 e. The lowest BCUT2D eigenvalue weighted by Crippen LogP contribution is -2.43. The minimum Gasteiger partial charge on any atom is -0.497 e. The molecule has 1 saturated heterocycles. The third kappa shape index (κ3) is 3.20. The molecular weight excluding hydrogens is 384 g/mol. The number of aromatic nitrogens is 1. The highest BCUT2D eigenvalue weighted by Gasteiger charge is 2.53. The predicted molar refractivity (Wildman–Crippen MR) is 116 cm³/mol. The summed E-state index contributed by atoms with van der Waals surface area (Å²) in [5, 5.41) is 1.93. The molecule has 2 aromatic carbocycles. The van der Waals surface area contributed by atoms with Crippen molar-refractivity contribution in [2.45, 2.75) is 37.0 Å². The highest BCUT2D eigenvalue weighted by Crippen LogP contribution is 2.50. The van der Waals surface area contributed by atoms with E-state index in [9.17, 15) is 4.79 Å². The summed E-state index contributed by atoms with van der Waals surface area (Å²) in [4.78, 5) is 18.8. The third-order valence-electron chi connectivity index (χ3n) is 6.68. The maximum atomic E-state index is 13.3. The number of nitrogens with one attached hydrogen (secondary N) is 1. The molecule has 1 aliphatic carbocycles. The third-order valence-corrected chi connectivity index (χ3v) is 6.91. The molecule has 1 amide bonds. The Kier molecular flexibility index (Phi) is 4.54. The van der Waals surface area contributed by atoms with Crippen molar-refractivity contribution in [3.63, 3.8) is 0 Å². The number of aromatic amines is 1. The van der Waals surface area contributed by atoms with Gasteiger partial charge in [0.05, 0.1) is 12.5 Å². The largest absolute Gasteiger partial charge is 0.497 e. The fraction of sp³-hybridized carbons (Fsp3) is 0.375. The predicted octanol–water partition coefficient (Wildman–Crippen LogP) is 5.27. The molecule has 2 aliphatic rings. The Hall–Kier alpha value is -2.46. The normalized spacial score (nSPS) is 18.8. The number of hydrogen-bond acceptors (Lipinski definition) is 2. The molecule has 0 bridgehead atoms. The highest BCUT2D eigenvalue weighted by atomic mass is 35.5. The maximum absolute atomic E-state index is 13.3. The van der Waals surface area contributed by atoms with Crippen LogP contribution in [0.25, 0.3) is 10.9 Å². The van der Waals surface area contributed by atoms with Crippen LogP contribution in [-0.2, 0) is 10.2 Å². The molecule has 29 heavy (non-hydrogen) atoms. The number of H-pyrrole nitrogens is 1. The summed E-state index contributed by atoms with van der Waals surface area (Å²) < 4.78 is 5.40. The van der Waals surface area contributed by atoms with E-state index >= 15 is 0 Å². The molecule has 5 heteroatoms. The van der Waals surface area contributed by atoms with Gasteiger partial charge < -0.3 is 14.6 Å². The van der Waals surface area contributed by atoms with Crippen LogP contribution >= 0.6 is 11.6 Å². The van der Waals surface area contributed by atoms with Gasteiger partial charge in [-0.25, -0.2) is 0 Å². The first-order chi connectivity index (χ1) is 14.1. The number of methoxy groups -OCH3 is 1. The van der Waals surface area contributed by atoms with E-state index in [1.54, 1.807) is 7.11 Å². The number of halogens is 1. The van der Waals surface area contributed by atoms with Crippen molar-refractivity contribution in [2.75, 3.05) is 20.2 Å². The van der Waals surface area contributed by atoms with Crippen LogP contribution in [0, 0.1) is 0 Å². The van der Waals surface area contributed by atoms with Gasteiger partial charge in [0.2, 0.25) is 5.91 Å². The van der Waals surface area contributed by atoms with E-state index in [0.717, 1.165) is 55.6 Å². The lowest BCUT2D eigenvalue weighted by atomic mass is 9.87. The van der Waals surface area contributed by atoms with Gasteiger partial charge in [-0.05, 0) is 73.1 Å². The van der Waals surface area contributed by atoms with E-state index in [4.69, 9.17) is 16.3 Å². The van der Waals surface area contributed by atoms with Crippen LogP contribution in [0.1, 0.15) is 42.7 Å². The monoisotopic (exact) mass is 408 g/mol. The molecular formula is C24H25ClN2O2. The number of nitrogens with zero attached hydrogens (tertiary/aromatic N) is 1. The summed E-state index contributed by atoms with van der Waals surface area (Å²) in [7, 11) is 1.70. The van der Waals surface area contributed by atoms with Gasteiger partial charge in [-0.1, -0.05) is 23.7 Å². The van der Waals surface area contributed by atoms with Crippen molar-refractivity contribution in [3.8, 4) is 5.75 Å². The fourth-order valence-corrected chi connectivity index (χ4v) is 5.01. The van der Waals surface area contributed by atoms with Crippen LogP contribution in [-0.4, -0.2) is 36.0 Å². The molecule has 150 valence electrons. The van der Waals surface area contributed by atoms with Crippen LogP contribution in [0.3, 0.4) is 0 Å². The quantitative estimate of drug-likeness (QED) is 0.639. The van der Waals surface area contributed by atoms with Gasteiger partial charge in [0.1, 0.15) is 5.75 Å². The van der Waals surface area contributed by atoms with Gasteiger partial charge >= 0.3 is 0 Å². The number of carbonyl (C=O) groups excluding carboxylic acids is 1. The van der Waals surface area contributed by atoms with Crippen molar-refractivity contribution in [1.82, 2.24) is 9.88 Å². The number of carbonyl (C=O) groups is 1. The summed E-state index contributed by atoms with van der Waals surface area (Å²) >= 11 is 6.18. The molecule has 1 aromatic heterocycles. The van der Waals surface area contributed by atoms with E-state index in [-0.39, 0.29) is 11.3 Å². The molecule has 1 N–H and O–H groups in total. The minimum absolute atomic E-state index is 0.277. The van der Waals surface area contributed by atoms with E-state index < -0.39 is 0 Å². The molecule has 2 heterocycles.